The maximum absolute atomic E-state index is 12.8. The summed E-state index contributed by atoms with van der Waals surface area (Å²) >= 11 is 0. The zero-order valence-electron chi connectivity index (χ0n) is 11.3. The van der Waals surface area contributed by atoms with Crippen molar-refractivity contribution in [3.8, 4) is 0 Å². The van der Waals surface area contributed by atoms with Gasteiger partial charge in [-0.15, -0.1) is 0 Å². The summed E-state index contributed by atoms with van der Waals surface area (Å²) < 4.78 is 26.9. The van der Waals surface area contributed by atoms with Crippen LogP contribution in [-0.2, 0) is 10.0 Å². The third-order valence-corrected chi connectivity index (χ3v) is 5.19. The maximum Gasteiger partial charge on any atom is 0.269 e. The van der Waals surface area contributed by atoms with Gasteiger partial charge in [-0.05, 0) is 37.3 Å². The Morgan fingerprint density at radius 3 is 2.62 bits per heavy atom. The molecule has 1 aromatic carbocycles. The van der Waals surface area contributed by atoms with Crippen LogP contribution in [0.1, 0.15) is 5.69 Å². The molecule has 0 aliphatic rings. The zero-order chi connectivity index (χ0) is 15.2. The van der Waals surface area contributed by atoms with Crippen molar-refractivity contribution >= 4 is 32.3 Å². The average Bonchev–Trinajstić information content (AvgIpc) is 2.71. The number of aromatic nitrogens is 2. The molecule has 108 valence electrons. The molecule has 0 saturated heterocycles. The number of rotatable bonds is 2. The van der Waals surface area contributed by atoms with Crippen LogP contribution in [0.25, 0.3) is 10.9 Å². The van der Waals surface area contributed by atoms with Crippen LogP contribution in [0.3, 0.4) is 0 Å². The lowest BCUT2D eigenvalue weighted by molar-refractivity contribution is 0.587. The number of fused-ring (bicyclic) bond motifs is 1. The fraction of sp³-hybridized carbons (Fsp3) is 0.0714. The monoisotopic (exact) mass is 302 g/mol. The van der Waals surface area contributed by atoms with Crippen molar-refractivity contribution in [2.45, 2.75) is 11.8 Å². The van der Waals surface area contributed by atoms with E-state index in [0.29, 0.717) is 28.0 Å². The van der Waals surface area contributed by atoms with Gasteiger partial charge in [-0.1, -0.05) is 0 Å². The van der Waals surface area contributed by atoms with Crippen LogP contribution in [0.2, 0.25) is 0 Å². The average molecular weight is 302 g/mol. The highest BCUT2D eigenvalue weighted by molar-refractivity contribution is 7.90. The number of nitrogens with zero attached hydrogens (tertiary/aromatic N) is 2. The fourth-order valence-corrected chi connectivity index (χ4v) is 3.87. The summed E-state index contributed by atoms with van der Waals surface area (Å²) in [5.41, 5.74) is 13.6. The molecule has 2 heterocycles. The summed E-state index contributed by atoms with van der Waals surface area (Å²) in [6.45, 7) is 1.67. The van der Waals surface area contributed by atoms with E-state index >= 15 is 0 Å². The lowest BCUT2D eigenvalue weighted by Crippen LogP contribution is -2.14. The molecule has 0 atom stereocenters. The van der Waals surface area contributed by atoms with E-state index in [9.17, 15) is 8.42 Å². The fourth-order valence-electron chi connectivity index (χ4n) is 2.34. The Labute approximate surface area is 122 Å². The van der Waals surface area contributed by atoms with Crippen LogP contribution in [-0.4, -0.2) is 17.4 Å². The van der Waals surface area contributed by atoms with E-state index in [-0.39, 0.29) is 4.90 Å². The van der Waals surface area contributed by atoms with E-state index in [1.54, 1.807) is 31.2 Å². The van der Waals surface area contributed by atoms with Crippen LogP contribution in [0.5, 0.6) is 0 Å². The molecule has 0 bridgehead atoms. The van der Waals surface area contributed by atoms with Crippen LogP contribution in [0.15, 0.2) is 47.6 Å². The van der Waals surface area contributed by atoms with E-state index < -0.39 is 10.0 Å². The molecule has 0 aliphatic heterocycles. The van der Waals surface area contributed by atoms with Crippen LogP contribution >= 0.6 is 0 Å². The predicted molar refractivity (Wildman–Crippen MR) is 82.3 cm³/mol. The first-order valence-electron chi connectivity index (χ1n) is 6.24. The van der Waals surface area contributed by atoms with Gasteiger partial charge in [0.05, 0.1) is 16.9 Å². The molecule has 3 aromatic rings. The maximum atomic E-state index is 12.8. The second-order valence-corrected chi connectivity index (χ2v) is 6.52. The molecule has 6 nitrogen and oxygen atoms in total. The number of anilines is 2. The van der Waals surface area contributed by atoms with Gasteiger partial charge in [0.1, 0.15) is 4.90 Å². The number of hydrogen-bond donors (Lipinski definition) is 2. The number of hydrogen-bond acceptors (Lipinski definition) is 5. The first-order valence-corrected chi connectivity index (χ1v) is 7.68. The first kappa shape index (κ1) is 13.4. The Kier molecular flexibility index (Phi) is 2.87. The normalized spacial score (nSPS) is 11.9. The SMILES string of the molecule is Cc1c(N)c2ccc(N)cc2n1S(=O)(=O)c1cccnc1. The Hall–Kier alpha value is -2.54. The molecular formula is C14H14N4O2S. The van der Waals surface area contributed by atoms with Crippen molar-refractivity contribution in [3.05, 3.63) is 48.4 Å². The summed E-state index contributed by atoms with van der Waals surface area (Å²) in [6.07, 6.45) is 2.83. The Morgan fingerprint density at radius 2 is 1.95 bits per heavy atom. The quantitative estimate of drug-likeness (QED) is 0.702. The van der Waals surface area contributed by atoms with Gasteiger partial charge < -0.3 is 11.5 Å². The van der Waals surface area contributed by atoms with Gasteiger partial charge in [0.2, 0.25) is 0 Å². The number of benzene rings is 1. The standard InChI is InChI=1S/C14H14N4O2S/c1-9-14(16)12-5-4-10(15)7-13(12)18(9)21(19,20)11-3-2-6-17-8-11/h2-8H,15-16H2,1H3. The van der Waals surface area contributed by atoms with Gasteiger partial charge in [-0.25, -0.2) is 12.4 Å². The lowest BCUT2D eigenvalue weighted by atomic mass is 10.2. The molecule has 0 aliphatic carbocycles. The van der Waals surface area contributed by atoms with Gasteiger partial charge in [0, 0.05) is 23.5 Å². The van der Waals surface area contributed by atoms with E-state index in [1.807, 2.05) is 0 Å². The van der Waals surface area contributed by atoms with Gasteiger partial charge in [-0.2, -0.15) is 0 Å². The molecule has 0 amide bonds. The molecule has 3 rings (SSSR count). The second-order valence-electron chi connectivity index (χ2n) is 4.73. The highest BCUT2D eigenvalue weighted by Gasteiger charge is 2.24. The number of nitrogen functional groups attached to an aromatic ring is 2. The number of nitrogens with two attached hydrogens (primary N) is 2. The number of pyridine rings is 1. The van der Waals surface area contributed by atoms with Gasteiger partial charge >= 0.3 is 0 Å². The Morgan fingerprint density at radius 1 is 1.19 bits per heavy atom. The molecule has 7 heteroatoms. The van der Waals surface area contributed by atoms with E-state index in [4.69, 9.17) is 11.5 Å². The van der Waals surface area contributed by atoms with Gasteiger partial charge in [-0.3, -0.25) is 4.98 Å². The summed E-state index contributed by atoms with van der Waals surface area (Å²) in [5.74, 6) is 0. The third-order valence-electron chi connectivity index (χ3n) is 3.40. The van der Waals surface area contributed by atoms with Crippen molar-refractivity contribution < 1.29 is 8.42 Å². The second kappa shape index (κ2) is 4.49. The molecular weight excluding hydrogens is 288 g/mol. The van der Waals surface area contributed by atoms with Crippen molar-refractivity contribution in [1.29, 1.82) is 0 Å². The molecule has 0 unspecified atom stereocenters. The molecule has 4 N–H and O–H groups in total. The minimum Gasteiger partial charge on any atom is -0.399 e. The molecule has 0 fully saturated rings. The zero-order valence-corrected chi connectivity index (χ0v) is 12.1. The van der Waals surface area contributed by atoms with Crippen molar-refractivity contribution in [1.82, 2.24) is 8.96 Å². The van der Waals surface area contributed by atoms with Crippen molar-refractivity contribution in [2.24, 2.45) is 0 Å². The third kappa shape index (κ3) is 1.93. The van der Waals surface area contributed by atoms with Crippen LogP contribution in [0, 0.1) is 6.92 Å². The van der Waals surface area contributed by atoms with Crippen molar-refractivity contribution in [2.75, 3.05) is 11.5 Å². The molecule has 0 spiro atoms. The largest absolute Gasteiger partial charge is 0.399 e. The minimum atomic E-state index is -3.77. The molecule has 0 radical (unpaired) electrons. The Balaban J connectivity index is 2.40. The summed E-state index contributed by atoms with van der Waals surface area (Å²) in [7, 11) is -3.77. The minimum absolute atomic E-state index is 0.104. The highest BCUT2D eigenvalue weighted by Crippen LogP contribution is 2.32. The smallest absolute Gasteiger partial charge is 0.269 e. The first-order chi connectivity index (χ1) is 9.93. The highest BCUT2D eigenvalue weighted by atomic mass is 32.2. The summed E-state index contributed by atoms with van der Waals surface area (Å²) in [5, 5.41) is 0.661. The van der Waals surface area contributed by atoms with E-state index in [0.717, 1.165) is 0 Å². The molecule has 0 saturated carbocycles. The summed E-state index contributed by atoms with van der Waals surface area (Å²) in [6, 6.07) is 8.09. The van der Waals surface area contributed by atoms with Crippen molar-refractivity contribution in [3.63, 3.8) is 0 Å². The lowest BCUT2D eigenvalue weighted by Gasteiger charge is -2.09. The van der Waals surface area contributed by atoms with Gasteiger partial charge in [0.25, 0.3) is 10.0 Å². The molecule has 2 aromatic heterocycles. The Bertz CT molecular complexity index is 931. The van der Waals surface area contributed by atoms with Crippen LogP contribution in [0.4, 0.5) is 11.4 Å². The van der Waals surface area contributed by atoms with E-state index in [2.05, 4.69) is 4.98 Å². The van der Waals surface area contributed by atoms with E-state index in [1.165, 1.54) is 22.4 Å². The van der Waals surface area contributed by atoms with Gasteiger partial charge in [0.15, 0.2) is 0 Å². The topological polar surface area (TPSA) is 104 Å². The molecule has 21 heavy (non-hydrogen) atoms. The van der Waals surface area contributed by atoms with Crippen LogP contribution < -0.4 is 11.5 Å². The summed E-state index contributed by atoms with van der Waals surface area (Å²) in [4.78, 5) is 3.97. The predicted octanol–water partition coefficient (Wildman–Crippen LogP) is 1.75.